The van der Waals surface area contributed by atoms with Gasteiger partial charge in [0.2, 0.25) is 0 Å². The molecular weight excluding hydrogens is 307 g/mol. The normalized spacial score (nSPS) is 11.7. The predicted octanol–water partition coefficient (Wildman–Crippen LogP) is 4.44. The lowest BCUT2D eigenvalue weighted by Gasteiger charge is -2.14. The number of nitrogens with zero attached hydrogens (tertiary/aromatic N) is 1. The first-order chi connectivity index (χ1) is 10.9. The van der Waals surface area contributed by atoms with Crippen LogP contribution in [0.1, 0.15) is 15.9 Å². The molecule has 0 radical (unpaired) electrons. The van der Waals surface area contributed by atoms with E-state index in [0.29, 0.717) is 5.52 Å². The SMILES string of the molecule is COC(=O)c1ccc2ccn(-c3ccccc3C(F)(F)F)c2c1. The number of aromatic nitrogens is 1. The van der Waals surface area contributed by atoms with Crippen LogP contribution in [0.5, 0.6) is 0 Å². The van der Waals surface area contributed by atoms with Gasteiger partial charge in [-0.25, -0.2) is 4.79 Å². The quantitative estimate of drug-likeness (QED) is 0.654. The van der Waals surface area contributed by atoms with Crippen molar-refractivity contribution in [2.24, 2.45) is 0 Å². The van der Waals surface area contributed by atoms with Gasteiger partial charge in [-0.1, -0.05) is 18.2 Å². The number of methoxy groups -OCH3 is 1. The van der Waals surface area contributed by atoms with Crippen LogP contribution in [0, 0.1) is 0 Å². The number of ether oxygens (including phenoxy) is 1. The molecule has 118 valence electrons. The zero-order chi connectivity index (χ0) is 16.6. The smallest absolute Gasteiger partial charge is 0.418 e. The van der Waals surface area contributed by atoms with Crippen LogP contribution in [-0.2, 0) is 10.9 Å². The van der Waals surface area contributed by atoms with Crippen LogP contribution >= 0.6 is 0 Å². The maximum atomic E-state index is 13.2. The number of hydrogen-bond acceptors (Lipinski definition) is 2. The molecule has 0 saturated heterocycles. The van der Waals surface area contributed by atoms with Crippen molar-refractivity contribution in [3.63, 3.8) is 0 Å². The molecule has 0 saturated carbocycles. The molecular formula is C17H12F3NO2. The Bertz CT molecular complexity index is 881. The second-order valence-corrected chi connectivity index (χ2v) is 4.97. The summed E-state index contributed by atoms with van der Waals surface area (Å²) in [4.78, 5) is 11.6. The van der Waals surface area contributed by atoms with E-state index in [1.165, 1.54) is 29.9 Å². The van der Waals surface area contributed by atoms with Gasteiger partial charge >= 0.3 is 12.1 Å². The Morgan fingerprint density at radius 2 is 1.83 bits per heavy atom. The van der Waals surface area contributed by atoms with Crippen molar-refractivity contribution in [1.29, 1.82) is 0 Å². The molecule has 0 fully saturated rings. The van der Waals surface area contributed by atoms with E-state index in [1.54, 1.807) is 30.5 Å². The van der Waals surface area contributed by atoms with Crippen molar-refractivity contribution in [3.05, 3.63) is 65.9 Å². The first-order valence-electron chi connectivity index (χ1n) is 6.78. The Morgan fingerprint density at radius 3 is 2.52 bits per heavy atom. The highest BCUT2D eigenvalue weighted by Gasteiger charge is 2.33. The average molecular weight is 319 g/mol. The molecule has 0 spiro atoms. The zero-order valence-electron chi connectivity index (χ0n) is 12.1. The van der Waals surface area contributed by atoms with Gasteiger partial charge in [0.15, 0.2) is 0 Å². The van der Waals surface area contributed by atoms with E-state index in [4.69, 9.17) is 0 Å². The fraction of sp³-hybridized carbons (Fsp3) is 0.118. The molecule has 0 N–H and O–H groups in total. The summed E-state index contributed by atoms with van der Waals surface area (Å²) in [6, 6.07) is 11.8. The van der Waals surface area contributed by atoms with Gasteiger partial charge in [0.05, 0.1) is 29.4 Å². The first-order valence-corrected chi connectivity index (χ1v) is 6.78. The van der Waals surface area contributed by atoms with Gasteiger partial charge in [-0.05, 0) is 35.7 Å². The minimum absolute atomic E-state index is 0.0111. The minimum atomic E-state index is -4.47. The van der Waals surface area contributed by atoms with Gasteiger partial charge in [-0.15, -0.1) is 0 Å². The Morgan fingerprint density at radius 1 is 1.09 bits per heavy atom. The molecule has 0 amide bonds. The van der Waals surface area contributed by atoms with Gasteiger partial charge in [-0.3, -0.25) is 0 Å². The fourth-order valence-corrected chi connectivity index (χ4v) is 2.51. The van der Waals surface area contributed by atoms with E-state index < -0.39 is 17.7 Å². The molecule has 2 aromatic carbocycles. The van der Waals surface area contributed by atoms with Crippen LogP contribution in [0.2, 0.25) is 0 Å². The summed E-state index contributed by atoms with van der Waals surface area (Å²) >= 11 is 0. The van der Waals surface area contributed by atoms with Crippen LogP contribution in [0.15, 0.2) is 54.7 Å². The average Bonchev–Trinajstić information content (AvgIpc) is 2.96. The van der Waals surface area contributed by atoms with Gasteiger partial charge in [0, 0.05) is 6.20 Å². The molecule has 0 bridgehead atoms. The van der Waals surface area contributed by atoms with Crippen LogP contribution in [0.4, 0.5) is 13.2 Å². The lowest BCUT2D eigenvalue weighted by Crippen LogP contribution is -2.10. The van der Waals surface area contributed by atoms with Gasteiger partial charge < -0.3 is 9.30 Å². The molecule has 23 heavy (non-hydrogen) atoms. The summed E-state index contributed by atoms with van der Waals surface area (Å²) in [6.07, 6.45) is -2.91. The second-order valence-electron chi connectivity index (χ2n) is 4.97. The van der Waals surface area contributed by atoms with Crippen molar-refractivity contribution < 1.29 is 22.7 Å². The van der Waals surface area contributed by atoms with Crippen molar-refractivity contribution in [2.45, 2.75) is 6.18 Å². The summed E-state index contributed by atoms with van der Waals surface area (Å²) in [5.41, 5.74) is 0.0621. The molecule has 6 heteroatoms. The van der Waals surface area contributed by atoms with Crippen LogP contribution in [-0.4, -0.2) is 17.6 Å². The maximum absolute atomic E-state index is 13.2. The second kappa shape index (κ2) is 5.46. The number of para-hydroxylation sites is 1. The summed E-state index contributed by atoms with van der Waals surface area (Å²) in [5, 5.41) is 0.731. The third kappa shape index (κ3) is 2.67. The predicted molar refractivity (Wildman–Crippen MR) is 79.6 cm³/mol. The fourth-order valence-electron chi connectivity index (χ4n) is 2.51. The maximum Gasteiger partial charge on any atom is 0.418 e. The molecule has 0 aliphatic heterocycles. The summed E-state index contributed by atoms with van der Waals surface area (Å²) in [5.74, 6) is -0.538. The monoisotopic (exact) mass is 319 g/mol. The first kappa shape index (κ1) is 15.1. The van der Waals surface area contributed by atoms with E-state index in [1.807, 2.05) is 0 Å². The van der Waals surface area contributed by atoms with E-state index >= 15 is 0 Å². The van der Waals surface area contributed by atoms with Crippen LogP contribution in [0.3, 0.4) is 0 Å². The number of halogens is 3. The molecule has 0 unspecified atom stereocenters. The molecule has 1 aromatic heterocycles. The van der Waals surface area contributed by atoms with Crippen molar-refractivity contribution in [1.82, 2.24) is 4.57 Å². The van der Waals surface area contributed by atoms with E-state index in [9.17, 15) is 18.0 Å². The lowest BCUT2D eigenvalue weighted by atomic mass is 10.1. The van der Waals surface area contributed by atoms with Gasteiger partial charge in [0.1, 0.15) is 0 Å². The van der Waals surface area contributed by atoms with Crippen molar-refractivity contribution >= 4 is 16.9 Å². The van der Waals surface area contributed by atoms with Gasteiger partial charge in [-0.2, -0.15) is 13.2 Å². The van der Waals surface area contributed by atoms with Crippen molar-refractivity contribution in [3.8, 4) is 5.69 Å². The Labute approximate surface area is 129 Å². The molecule has 1 heterocycles. The van der Waals surface area contributed by atoms with E-state index in [2.05, 4.69) is 4.74 Å². The molecule has 0 atom stereocenters. The highest BCUT2D eigenvalue weighted by atomic mass is 19.4. The number of benzene rings is 2. The third-order valence-electron chi connectivity index (χ3n) is 3.58. The Hall–Kier alpha value is -2.76. The van der Waals surface area contributed by atoms with E-state index in [-0.39, 0.29) is 11.3 Å². The highest BCUT2D eigenvalue weighted by Crippen LogP contribution is 2.35. The number of hydrogen-bond donors (Lipinski definition) is 0. The molecule has 0 aliphatic rings. The number of esters is 1. The molecule has 3 aromatic rings. The van der Waals surface area contributed by atoms with Crippen LogP contribution in [0.25, 0.3) is 16.6 Å². The number of alkyl halides is 3. The number of carbonyl (C=O) groups excluding carboxylic acids is 1. The Kier molecular flexibility index (Phi) is 3.60. The largest absolute Gasteiger partial charge is 0.465 e. The van der Waals surface area contributed by atoms with Gasteiger partial charge in [0.25, 0.3) is 0 Å². The molecule has 3 rings (SSSR count). The Balaban J connectivity index is 2.24. The minimum Gasteiger partial charge on any atom is -0.465 e. The number of fused-ring (bicyclic) bond motifs is 1. The lowest BCUT2D eigenvalue weighted by molar-refractivity contribution is -0.137. The summed E-state index contributed by atoms with van der Waals surface area (Å²) in [7, 11) is 1.25. The molecule has 3 nitrogen and oxygen atoms in total. The topological polar surface area (TPSA) is 31.2 Å². The van der Waals surface area contributed by atoms with E-state index in [0.717, 1.165) is 11.5 Å². The number of rotatable bonds is 2. The summed E-state index contributed by atoms with van der Waals surface area (Å²) < 4.78 is 45.7. The van der Waals surface area contributed by atoms with Crippen molar-refractivity contribution in [2.75, 3.05) is 7.11 Å². The number of carbonyl (C=O) groups is 1. The van der Waals surface area contributed by atoms with Crippen LogP contribution < -0.4 is 0 Å². The summed E-state index contributed by atoms with van der Waals surface area (Å²) in [6.45, 7) is 0. The standard InChI is InChI=1S/C17H12F3NO2/c1-23-16(22)12-7-6-11-8-9-21(15(11)10-12)14-5-3-2-4-13(14)17(18,19)20/h2-10H,1H3. The zero-order valence-corrected chi connectivity index (χ0v) is 12.1. The highest BCUT2D eigenvalue weighted by molar-refractivity contribution is 5.95. The molecule has 0 aliphatic carbocycles. The third-order valence-corrected chi connectivity index (χ3v) is 3.58.